The van der Waals surface area contributed by atoms with Crippen molar-refractivity contribution in [3.05, 3.63) is 40.8 Å². The molecule has 1 rings (SSSR count). The van der Waals surface area contributed by atoms with Crippen LogP contribution in [-0.4, -0.2) is 11.3 Å². The lowest BCUT2D eigenvalue weighted by atomic mass is 10.2. The Morgan fingerprint density at radius 3 is 2.47 bits per heavy atom. The molecule has 0 fully saturated rings. The smallest absolute Gasteiger partial charge is 0.398 e. The van der Waals surface area contributed by atoms with E-state index in [1.807, 2.05) is 0 Å². The summed E-state index contributed by atoms with van der Waals surface area (Å²) in [7, 11) is 0. The first-order valence-electron chi connectivity index (χ1n) is 3.66. The van der Waals surface area contributed by atoms with Crippen molar-refractivity contribution in [1.29, 1.82) is 0 Å². The number of rotatable bonds is 2. The minimum Gasteiger partial charge on any atom is -0.398 e. The van der Waals surface area contributed by atoms with Crippen molar-refractivity contribution in [2.45, 2.75) is 6.36 Å². The Balaban J connectivity index is 3.12. The van der Waals surface area contributed by atoms with E-state index < -0.39 is 22.7 Å². The molecule has 7 heteroatoms. The van der Waals surface area contributed by atoms with Crippen LogP contribution in [0.4, 0.5) is 18.9 Å². The van der Waals surface area contributed by atoms with Crippen LogP contribution < -0.4 is 4.74 Å². The highest BCUT2D eigenvalue weighted by Crippen LogP contribution is 2.32. The van der Waals surface area contributed by atoms with Crippen LogP contribution in [0.3, 0.4) is 0 Å². The number of alkyl halides is 3. The summed E-state index contributed by atoms with van der Waals surface area (Å²) in [5.74, 6) is -0.847. The van der Waals surface area contributed by atoms with E-state index in [9.17, 15) is 23.3 Å². The van der Waals surface area contributed by atoms with Crippen LogP contribution in [0.15, 0.2) is 18.2 Å². The van der Waals surface area contributed by atoms with Gasteiger partial charge in [-0.25, -0.2) is 0 Å². The second-order valence-corrected chi connectivity index (χ2v) is 2.61. The third-order valence-corrected chi connectivity index (χ3v) is 1.45. The van der Waals surface area contributed by atoms with Gasteiger partial charge >= 0.3 is 12.0 Å². The van der Waals surface area contributed by atoms with Gasteiger partial charge in [-0.15, -0.1) is 13.2 Å². The zero-order valence-electron chi connectivity index (χ0n) is 7.25. The summed E-state index contributed by atoms with van der Waals surface area (Å²) in [5.41, 5.74) is -0.531. The highest BCUT2D eigenvalue weighted by Gasteiger charge is 2.34. The standard InChI is InChI=1S/C8H5F3NO3/c1-5-2-3-7(15-8(9,10)11)6(4-5)12(13)14/h2-4H,1H2. The molecule has 1 radical (unpaired) electrons. The molecule has 0 saturated heterocycles. The quantitative estimate of drug-likeness (QED) is 0.568. The van der Waals surface area contributed by atoms with E-state index in [1.54, 1.807) is 0 Å². The summed E-state index contributed by atoms with van der Waals surface area (Å²) in [5, 5.41) is 10.4. The molecule has 0 amide bonds. The van der Waals surface area contributed by atoms with Crippen LogP contribution in [0.2, 0.25) is 0 Å². The topological polar surface area (TPSA) is 52.4 Å². The molecule has 0 N–H and O–H groups in total. The van der Waals surface area contributed by atoms with Gasteiger partial charge in [-0.3, -0.25) is 10.1 Å². The van der Waals surface area contributed by atoms with Gasteiger partial charge in [0.25, 0.3) is 0 Å². The predicted octanol–water partition coefficient (Wildman–Crippen LogP) is 2.68. The SMILES string of the molecule is [CH2]c1ccc(OC(F)(F)F)c([N+](=O)[O-])c1. The average Bonchev–Trinajstić information content (AvgIpc) is 2.05. The maximum Gasteiger partial charge on any atom is 0.573 e. The predicted molar refractivity (Wildman–Crippen MR) is 44.2 cm³/mol. The molecule has 0 aliphatic heterocycles. The Morgan fingerprint density at radius 1 is 1.40 bits per heavy atom. The molecular weight excluding hydrogens is 215 g/mol. The molecule has 15 heavy (non-hydrogen) atoms. The molecule has 81 valence electrons. The lowest BCUT2D eigenvalue weighted by Crippen LogP contribution is -2.17. The van der Waals surface area contributed by atoms with E-state index in [-0.39, 0.29) is 5.56 Å². The van der Waals surface area contributed by atoms with Crippen molar-refractivity contribution in [2.24, 2.45) is 0 Å². The molecule has 0 heterocycles. The van der Waals surface area contributed by atoms with Gasteiger partial charge in [0, 0.05) is 6.07 Å². The first-order valence-corrected chi connectivity index (χ1v) is 3.66. The highest BCUT2D eigenvalue weighted by molar-refractivity contribution is 5.49. The fourth-order valence-corrected chi connectivity index (χ4v) is 0.917. The van der Waals surface area contributed by atoms with Gasteiger partial charge in [0.15, 0.2) is 0 Å². The van der Waals surface area contributed by atoms with Crippen LogP contribution in [0.25, 0.3) is 0 Å². The molecular formula is C8H5F3NO3. The van der Waals surface area contributed by atoms with E-state index in [0.717, 1.165) is 12.1 Å². The monoisotopic (exact) mass is 220 g/mol. The number of nitro benzene ring substituents is 1. The van der Waals surface area contributed by atoms with E-state index in [0.29, 0.717) is 0 Å². The van der Waals surface area contributed by atoms with Gasteiger partial charge in [-0.2, -0.15) is 0 Å². The van der Waals surface area contributed by atoms with E-state index in [1.165, 1.54) is 6.07 Å². The van der Waals surface area contributed by atoms with Crippen molar-refractivity contribution < 1.29 is 22.8 Å². The molecule has 0 aliphatic rings. The normalized spacial score (nSPS) is 11.2. The third kappa shape index (κ3) is 3.12. The van der Waals surface area contributed by atoms with Gasteiger partial charge < -0.3 is 4.74 Å². The molecule has 0 spiro atoms. The van der Waals surface area contributed by atoms with Gasteiger partial charge in [0.05, 0.1) is 4.92 Å². The van der Waals surface area contributed by atoms with E-state index in [2.05, 4.69) is 11.7 Å². The van der Waals surface area contributed by atoms with Gasteiger partial charge in [0.1, 0.15) is 0 Å². The zero-order valence-corrected chi connectivity index (χ0v) is 7.25. The van der Waals surface area contributed by atoms with Crippen LogP contribution in [0.1, 0.15) is 5.56 Å². The summed E-state index contributed by atoms with van der Waals surface area (Å²) < 4.78 is 39.0. The van der Waals surface area contributed by atoms with Crippen molar-refractivity contribution in [2.75, 3.05) is 0 Å². The minimum absolute atomic E-state index is 0.233. The van der Waals surface area contributed by atoms with Crippen molar-refractivity contribution in [1.82, 2.24) is 0 Å². The highest BCUT2D eigenvalue weighted by atomic mass is 19.4. The Kier molecular flexibility index (Phi) is 2.83. The first-order chi connectivity index (χ1) is 6.79. The van der Waals surface area contributed by atoms with Gasteiger partial charge in [0.2, 0.25) is 5.75 Å². The number of hydrogen-bond donors (Lipinski definition) is 0. The molecule has 0 atom stereocenters. The molecule has 0 saturated carbocycles. The second kappa shape index (κ2) is 3.76. The maximum absolute atomic E-state index is 11.8. The Bertz CT molecular complexity index is 389. The maximum atomic E-state index is 11.8. The number of ether oxygens (including phenoxy) is 1. The second-order valence-electron chi connectivity index (χ2n) is 2.61. The summed E-state index contributed by atoms with van der Waals surface area (Å²) in [6, 6.07) is 2.95. The van der Waals surface area contributed by atoms with Crippen molar-refractivity contribution >= 4 is 5.69 Å². The Morgan fingerprint density at radius 2 is 2.00 bits per heavy atom. The van der Waals surface area contributed by atoms with Crippen molar-refractivity contribution in [3.8, 4) is 5.75 Å². The van der Waals surface area contributed by atoms with Crippen LogP contribution >= 0.6 is 0 Å². The van der Waals surface area contributed by atoms with Gasteiger partial charge in [-0.05, 0) is 18.6 Å². The third-order valence-electron chi connectivity index (χ3n) is 1.45. The van der Waals surface area contributed by atoms with Crippen LogP contribution in [0, 0.1) is 17.0 Å². The Labute approximate surface area is 82.4 Å². The summed E-state index contributed by atoms with van der Waals surface area (Å²) in [4.78, 5) is 9.43. The van der Waals surface area contributed by atoms with Crippen LogP contribution in [0.5, 0.6) is 5.75 Å². The number of hydrogen-bond acceptors (Lipinski definition) is 3. The molecule has 0 unspecified atom stereocenters. The molecule has 4 nitrogen and oxygen atoms in total. The van der Waals surface area contributed by atoms with E-state index >= 15 is 0 Å². The lowest BCUT2D eigenvalue weighted by molar-refractivity contribution is -0.388. The Hall–Kier alpha value is -1.79. The fourth-order valence-electron chi connectivity index (χ4n) is 0.917. The molecule has 0 aliphatic carbocycles. The van der Waals surface area contributed by atoms with Gasteiger partial charge in [-0.1, -0.05) is 6.07 Å². The largest absolute Gasteiger partial charge is 0.573 e. The number of nitro groups is 1. The zero-order chi connectivity index (χ0) is 11.6. The summed E-state index contributed by atoms with van der Waals surface area (Å²) >= 11 is 0. The fraction of sp³-hybridized carbons (Fsp3) is 0.125. The molecule has 0 bridgehead atoms. The number of benzene rings is 1. The molecule has 0 aromatic heterocycles. The number of nitrogens with zero attached hydrogens (tertiary/aromatic N) is 1. The molecule has 1 aromatic rings. The summed E-state index contributed by atoms with van der Waals surface area (Å²) in [6.45, 7) is 3.36. The average molecular weight is 220 g/mol. The molecule has 1 aromatic carbocycles. The van der Waals surface area contributed by atoms with E-state index in [4.69, 9.17) is 0 Å². The summed E-state index contributed by atoms with van der Waals surface area (Å²) in [6.07, 6.45) is -4.95. The minimum atomic E-state index is -4.95. The lowest BCUT2D eigenvalue weighted by Gasteiger charge is -2.08. The first kappa shape index (κ1) is 11.3. The van der Waals surface area contributed by atoms with Crippen LogP contribution in [-0.2, 0) is 0 Å². The number of halogens is 3. The van der Waals surface area contributed by atoms with Crippen molar-refractivity contribution in [3.63, 3.8) is 0 Å².